The van der Waals surface area contributed by atoms with Crippen molar-refractivity contribution in [2.45, 2.75) is 122 Å². The normalized spacial score (nSPS) is 17.6. The molecule has 2 rings (SSSR count). The molecule has 1 saturated carbocycles. The topological polar surface area (TPSA) is 37.3 Å². The molecule has 0 aromatic heterocycles. The van der Waals surface area contributed by atoms with Crippen LogP contribution >= 0.6 is 0 Å². The first-order valence-electron chi connectivity index (χ1n) is 13.5. The number of rotatable bonds is 17. The third-order valence-corrected chi connectivity index (χ3v) is 7.75. The lowest BCUT2D eigenvalue weighted by Crippen LogP contribution is -2.27. The van der Waals surface area contributed by atoms with Crippen molar-refractivity contribution in [3.63, 3.8) is 0 Å². The second-order valence-corrected chi connectivity index (χ2v) is 10.3. The quantitative estimate of drug-likeness (QED) is 0.194. The third kappa shape index (κ3) is 9.51. The maximum absolute atomic E-state index is 11.6. The predicted octanol–water partition coefficient (Wildman–Crippen LogP) is 9.09. The molecule has 1 aromatic rings. The highest BCUT2D eigenvalue weighted by atomic mass is 16.4. The SMILES string of the molecule is CCCCCC/C=C\C[C@H](CC)CCC[C@H](CC(=O)O)CC1(c2ccccc2)CCCC1. The van der Waals surface area contributed by atoms with E-state index in [-0.39, 0.29) is 11.3 Å². The summed E-state index contributed by atoms with van der Waals surface area (Å²) in [6.07, 6.45) is 23.5. The molecule has 1 aliphatic rings. The van der Waals surface area contributed by atoms with Crippen LogP contribution in [0.15, 0.2) is 42.5 Å². The molecule has 0 radical (unpaired) electrons. The van der Waals surface area contributed by atoms with Gasteiger partial charge in [0.2, 0.25) is 0 Å². The molecule has 0 aliphatic heterocycles. The molecule has 2 nitrogen and oxygen atoms in total. The zero-order valence-corrected chi connectivity index (χ0v) is 20.9. The average molecular weight is 441 g/mol. The number of unbranched alkanes of at least 4 members (excludes halogenated alkanes) is 4. The van der Waals surface area contributed by atoms with Gasteiger partial charge >= 0.3 is 5.97 Å². The van der Waals surface area contributed by atoms with Crippen molar-refractivity contribution < 1.29 is 9.90 Å². The van der Waals surface area contributed by atoms with Crippen molar-refractivity contribution in [2.24, 2.45) is 11.8 Å². The van der Waals surface area contributed by atoms with Gasteiger partial charge in [-0.25, -0.2) is 0 Å². The van der Waals surface area contributed by atoms with Crippen LogP contribution in [-0.4, -0.2) is 11.1 Å². The average Bonchev–Trinajstić information content (AvgIpc) is 3.27. The largest absolute Gasteiger partial charge is 0.481 e. The maximum atomic E-state index is 11.6. The van der Waals surface area contributed by atoms with Crippen LogP contribution in [0.5, 0.6) is 0 Å². The summed E-state index contributed by atoms with van der Waals surface area (Å²) in [5.41, 5.74) is 1.63. The van der Waals surface area contributed by atoms with E-state index in [2.05, 4.69) is 56.3 Å². The van der Waals surface area contributed by atoms with Gasteiger partial charge in [-0.2, -0.15) is 0 Å². The van der Waals surface area contributed by atoms with Gasteiger partial charge in [0.1, 0.15) is 0 Å². The molecule has 2 atom stereocenters. The Balaban J connectivity index is 1.85. The highest BCUT2D eigenvalue weighted by Gasteiger charge is 2.37. The zero-order valence-electron chi connectivity index (χ0n) is 20.9. The number of carboxylic acids is 1. The van der Waals surface area contributed by atoms with Crippen LogP contribution < -0.4 is 0 Å². The van der Waals surface area contributed by atoms with E-state index in [9.17, 15) is 9.90 Å². The maximum Gasteiger partial charge on any atom is 0.303 e. The fraction of sp³-hybridized carbons (Fsp3) is 0.700. The Morgan fingerprint density at radius 1 is 0.969 bits per heavy atom. The van der Waals surface area contributed by atoms with Crippen LogP contribution in [0.1, 0.15) is 122 Å². The zero-order chi connectivity index (χ0) is 23.1. The molecule has 0 spiro atoms. The Kier molecular flexibility index (Phi) is 12.8. The molecule has 1 fully saturated rings. The van der Waals surface area contributed by atoms with Crippen molar-refractivity contribution in [2.75, 3.05) is 0 Å². The number of hydrogen-bond acceptors (Lipinski definition) is 1. The molecule has 0 heterocycles. The highest BCUT2D eigenvalue weighted by molar-refractivity contribution is 5.67. The molecular weight excluding hydrogens is 392 g/mol. The Bertz CT molecular complexity index is 642. The van der Waals surface area contributed by atoms with Gasteiger partial charge in [0.15, 0.2) is 0 Å². The smallest absolute Gasteiger partial charge is 0.303 e. The number of benzene rings is 1. The van der Waals surface area contributed by atoms with Crippen LogP contribution in [0.2, 0.25) is 0 Å². The van der Waals surface area contributed by atoms with Crippen molar-refractivity contribution >= 4 is 5.97 Å². The molecular formula is C30H48O2. The summed E-state index contributed by atoms with van der Waals surface area (Å²) in [4.78, 5) is 11.6. The predicted molar refractivity (Wildman–Crippen MR) is 137 cm³/mol. The van der Waals surface area contributed by atoms with Crippen molar-refractivity contribution in [1.82, 2.24) is 0 Å². The second kappa shape index (κ2) is 15.3. The van der Waals surface area contributed by atoms with E-state index in [1.165, 1.54) is 82.6 Å². The first-order chi connectivity index (χ1) is 15.6. The molecule has 180 valence electrons. The lowest BCUT2D eigenvalue weighted by Gasteiger charge is -2.34. The van der Waals surface area contributed by atoms with Crippen LogP contribution in [0, 0.1) is 11.8 Å². The number of carboxylic acid groups (broad SMARTS) is 1. The van der Waals surface area contributed by atoms with Gasteiger partial charge in [-0.1, -0.05) is 108 Å². The van der Waals surface area contributed by atoms with Gasteiger partial charge in [-0.05, 0) is 67.8 Å². The van der Waals surface area contributed by atoms with Gasteiger partial charge in [0, 0.05) is 6.42 Å². The van der Waals surface area contributed by atoms with E-state index in [4.69, 9.17) is 0 Å². The minimum absolute atomic E-state index is 0.200. The molecule has 0 amide bonds. The van der Waals surface area contributed by atoms with Gasteiger partial charge < -0.3 is 5.11 Å². The van der Waals surface area contributed by atoms with Crippen molar-refractivity contribution in [3.8, 4) is 0 Å². The monoisotopic (exact) mass is 440 g/mol. The van der Waals surface area contributed by atoms with E-state index < -0.39 is 5.97 Å². The molecule has 1 aliphatic carbocycles. The molecule has 0 saturated heterocycles. The van der Waals surface area contributed by atoms with Gasteiger partial charge in [0.25, 0.3) is 0 Å². The fourth-order valence-corrected chi connectivity index (χ4v) is 5.81. The standard InChI is InChI=1S/C30H48O2/c1-3-5-6-7-8-9-11-17-26(4-2)18-16-19-27(24-29(31)32)25-30(22-14-15-23-30)28-20-12-10-13-21-28/h9-13,20-21,26-27H,3-8,14-19,22-25H2,1-2H3,(H,31,32)/b11-9-/t26-,27+/m0/s1. The highest BCUT2D eigenvalue weighted by Crippen LogP contribution is 2.47. The Labute approximate surface area is 197 Å². The van der Waals surface area contributed by atoms with E-state index in [1.54, 1.807) is 0 Å². The second-order valence-electron chi connectivity index (χ2n) is 10.3. The van der Waals surface area contributed by atoms with E-state index in [1.807, 2.05) is 0 Å². The van der Waals surface area contributed by atoms with E-state index in [0.717, 1.165) is 25.2 Å². The minimum Gasteiger partial charge on any atom is -0.481 e. The Morgan fingerprint density at radius 3 is 2.34 bits per heavy atom. The van der Waals surface area contributed by atoms with Crippen LogP contribution in [0.3, 0.4) is 0 Å². The molecule has 0 bridgehead atoms. The summed E-state index contributed by atoms with van der Waals surface area (Å²) in [6, 6.07) is 10.9. The van der Waals surface area contributed by atoms with E-state index >= 15 is 0 Å². The number of aliphatic carboxylic acids is 1. The van der Waals surface area contributed by atoms with Gasteiger partial charge in [0.05, 0.1) is 0 Å². The lowest BCUT2D eigenvalue weighted by atomic mass is 9.71. The lowest BCUT2D eigenvalue weighted by molar-refractivity contribution is -0.138. The summed E-state index contributed by atoms with van der Waals surface area (Å²) in [7, 11) is 0. The van der Waals surface area contributed by atoms with E-state index in [0.29, 0.717) is 6.42 Å². The summed E-state index contributed by atoms with van der Waals surface area (Å²) < 4.78 is 0. The van der Waals surface area contributed by atoms with Crippen molar-refractivity contribution in [3.05, 3.63) is 48.0 Å². The van der Waals surface area contributed by atoms with Crippen LogP contribution in [0.25, 0.3) is 0 Å². The number of allylic oxidation sites excluding steroid dienone is 2. The van der Waals surface area contributed by atoms with Gasteiger partial charge in [-0.3, -0.25) is 4.79 Å². The molecule has 1 aromatic carbocycles. The molecule has 2 heteroatoms. The minimum atomic E-state index is -0.630. The first-order valence-corrected chi connectivity index (χ1v) is 13.5. The summed E-state index contributed by atoms with van der Waals surface area (Å²) >= 11 is 0. The molecule has 0 unspecified atom stereocenters. The Morgan fingerprint density at radius 2 is 1.69 bits per heavy atom. The number of hydrogen-bond donors (Lipinski definition) is 1. The Hall–Kier alpha value is -1.57. The number of carbonyl (C=O) groups is 1. The third-order valence-electron chi connectivity index (χ3n) is 7.75. The van der Waals surface area contributed by atoms with Gasteiger partial charge in [-0.15, -0.1) is 0 Å². The van der Waals surface area contributed by atoms with Crippen LogP contribution in [0.4, 0.5) is 0 Å². The molecule has 32 heavy (non-hydrogen) atoms. The summed E-state index contributed by atoms with van der Waals surface area (Å²) in [6.45, 7) is 4.56. The fourth-order valence-electron chi connectivity index (χ4n) is 5.81. The van der Waals surface area contributed by atoms with Crippen LogP contribution in [-0.2, 0) is 10.2 Å². The summed E-state index contributed by atoms with van der Waals surface area (Å²) in [5, 5.41) is 9.58. The first kappa shape index (κ1) is 26.7. The van der Waals surface area contributed by atoms with Crippen molar-refractivity contribution in [1.29, 1.82) is 0 Å². The molecule has 1 N–H and O–H groups in total. The summed E-state index contributed by atoms with van der Waals surface area (Å²) in [5.74, 6) is 0.397.